The van der Waals surface area contributed by atoms with E-state index < -0.39 is 0 Å². The van der Waals surface area contributed by atoms with Crippen LogP contribution in [0.2, 0.25) is 0 Å². The van der Waals surface area contributed by atoms with E-state index in [1.54, 1.807) is 6.08 Å². The number of rotatable bonds is 6. The molecule has 5 heteroatoms. The number of aryl methyl sites for hydroxylation is 3. The highest BCUT2D eigenvalue weighted by Gasteiger charge is 2.22. The summed E-state index contributed by atoms with van der Waals surface area (Å²) in [5.74, 6) is 0.213. The number of hydrogen-bond donors (Lipinski definition) is 0. The quantitative estimate of drug-likeness (QED) is 0.754. The van der Waals surface area contributed by atoms with E-state index in [1.807, 2.05) is 29.5 Å². The van der Waals surface area contributed by atoms with Crippen molar-refractivity contribution in [3.05, 3.63) is 30.1 Å². The van der Waals surface area contributed by atoms with E-state index in [1.165, 1.54) is 0 Å². The molecule has 0 unspecified atom stereocenters. The number of likely N-dealkylation sites (tertiary alicyclic amines) is 1. The maximum Gasteiger partial charge on any atom is 0.224 e. The van der Waals surface area contributed by atoms with Crippen LogP contribution in [0.15, 0.2) is 18.7 Å². The van der Waals surface area contributed by atoms with Crippen LogP contribution in [0.25, 0.3) is 0 Å². The van der Waals surface area contributed by atoms with E-state index in [0.29, 0.717) is 19.6 Å². The number of ether oxygens (including phenoxy) is 1. The van der Waals surface area contributed by atoms with Crippen molar-refractivity contribution in [3.63, 3.8) is 0 Å². The first-order valence-corrected chi connectivity index (χ1v) is 7.61. The van der Waals surface area contributed by atoms with E-state index >= 15 is 0 Å². The van der Waals surface area contributed by atoms with Gasteiger partial charge >= 0.3 is 0 Å². The third kappa shape index (κ3) is 4.43. The van der Waals surface area contributed by atoms with Crippen molar-refractivity contribution in [2.75, 3.05) is 19.7 Å². The summed E-state index contributed by atoms with van der Waals surface area (Å²) in [6, 6.07) is 2.03. The summed E-state index contributed by atoms with van der Waals surface area (Å²) in [5, 5.41) is 4.39. The molecule has 1 aliphatic heterocycles. The van der Waals surface area contributed by atoms with Gasteiger partial charge in [0.1, 0.15) is 0 Å². The van der Waals surface area contributed by atoms with Gasteiger partial charge in [-0.25, -0.2) is 0 Å². The summed E-state index contributed by atoms with van der Waals surface area (Å²) in [4.78, 5) is 14.2. The van der Waals surface area contributed by atoms with E-state index in [4.69, 9.17) is 4.74 Å². The lowest BCUT2D eigenvalue weighted by atomic mass is 10.1. The molecule has 5 nitrogen and oxygen atoms in total. The third-order valence-corrected chi connectivity index (χ3v) is 3.89. The van der Waals surface area contributed by atoms with Crippen molar-refractivity contribution < 1.29 is 9.53 Å². The van der Waals surface area contributed by atoms with Crippen molar-refractivity contribution in [1.29, 1.82) is 0 Å². The first kappa shape index (κ1) is 15.8. The van der Waals surface area contributed by atoms with Crippen LogP contribution in [0.1, 0.15) is 30.7 Å². The molecule has 0 N–H and O–H groups in total. The van der Waals surface area contributed by atoms with Crippen molar-refractivity contribution in [3.8, 4) is 0 Å². The first-order chi connectivity index (χ1) is 10.1. The maximum atomic E-state index is 12.2. The SMILES string of the molecule is C=CCOC1CCN(C(=O)CCn2nc(C)cc2C)CC1. The molecular weight excluding hydrogens is 266 g/mol. The molecule has 0 bridgehead atoms. The normalized spacial score (nSPS) is 16.2. The summed E-state index contributed by atoms with van der Waals surface area (Å²) in [7, 11) is 0. The van der Waals surface area contributed by atoms with Gasteiger partial charge in [-0.05, 0) is 32.8 Å². The summed E-state index contributed by atoms with van der Waals surface area (Å²) in [6.07, 6.45) is 4.38. The predicted octanol–water partition coefficient (Wildman–Crippen LogP) is 2.08. The summed E-state index contributed by atoms with van der Waals surface area (Å²) in [5.41, 5.74) is 2.11. The van der Waals surface area contributed by atoms with Crippen LogP contribution in [0.3, 0.4) is 0 Å². The van der Waals surface area contributed by atoms with Crippen LogP contribution in [0.5, 0.6) is 0 Å². The summed E-state index contributed by atoms with van der Waals surface area (Å²) < 4.78 is 7.55. The van der Waals surface area contributed by atoms with Gasteiger partial charge in [0.15, 0.2) is 0 Å². The van der Waals surface area contributed by atoms with Crippen molar-refractivity contribution in [2.24, 2.45) is 0 Å². The Hall–Kier alpha value is -1.62. The van der Waals surface area contributed by atoms with Gasteiger partial charge in [-0.2, -0.15) is 5.10 Å². The topological polar surface area (TPSA) is 47.4 Å². The molecule has 0 spiro atoms. The Bertz CT molecular complexity index is 488. The molecule has 1 aromatic rings. The highest BCUT2D eigenvalue weighted by molar-refractivity contribution is 5.76. The minimum atomic E-state index is 0.213. The average molecular weight is 291 g/mol. The smallest absolute Gasteiger partial charge is 0.224 e. The largest absolute Gasteiger partial charge is 0.374 e. The molecule has 2 rings (SSSR count). The van der Waals surface area contributed by atoms with Gasteiger partial charge in [0, 0.05) is 31.7 Å². The zero-order valence-electron chi connectivity index (χ0n) is 13.0. The molecular formula is C16H25N3O2. The number of carbonyl (C=O) groups excluding carboxylic acids is 1. The zero-order chi connectivity index (χ0) is 15.2. The lowest BCUT2D eigenvalue weighted by Gasteiger charge is -2.31. The number of aromatic nitrogens is 2. The van der Waals surface area contributed by atoms with E-state index in [0.717, 1.165) is 37.3 Å². The van der Waals surface area contributed by atoms with E-state index in [9.17, 15) is 4.79 Å². The van der Waals surface area contributed by atoms with Crippen LogP contribution in [-0.2, 0) is 16.1 Å². The second-order valence-corrected chi connectivity index (χ2v) is 5.60. The third-order valence-electron chi connectivity index (χ3n) is 3.89. The number of amides is 1. The Morgan fingerprint density at radius 2 is 2.19 bits per heavy atom. The number of piperidine rings is 1. The Balaban J connectivity index is 1.74. The van der Waals surface area contributed by atoms with E-state index in [2.05, 4.69) is 11.7 Å². The summed E-state index contributed by atoms with van der Waals surface area (Å²) >= 11 is 0. The van der Waals surface area contributed by atoms with Gasteiger partial charge < -0.3 is 9.64 Å². The van der Waals surface area contributed by atoms with Crippen LogP contribution in [-0.4, -0.2) is 46.4 Å². The van der Waals surface area contributed by atoms with Crippen LogP contribution >= 0.6 is 0 Å². The Labute approximate surface area is 126 Å². The molecule has 116 valence electrons. The molecule has 0 aliphatic carbocycles. The van der Waals surface area contributed by atoms with Crippen molar-refractivity contribution in [2.45, 2.75) is 45.8 Å². The lowest BCUT2D eigenvalue weighted by molar-refractivity contribution is -0.134. The highest BCUT2D eigenvalue weighted by Crippen LogP contribution is 2.15. The molecule has 1 aromatic heterocycles. The Kier molecular flexibility index (Phi) is 5.56. The molecule has 0 saturated carbocycles. The van der Waals surface area contributed by atoms with Crippen LogP contribution in [0.4, 0.5) is 0 Å². The predicted molar refractivity (Wildman–Crippen MR) is 82.1 cm³/mol. The molecule has 0 aromatic carbocycles. The highest BCUT2D eigenvalue weighted by atomic mass is 16.5. The average Bonchev–Trinajstić information content (AvgIpc) is 2.81. The zero-order valence-corrected chi connectivity index (χ0v) is 13.0. The maximum absolute atomic E-state index is 12.2. The van der Waals surface area contributed by atoms with Crippen LogP contribution in [0, 0.1) is 13.8 Å². The first-order valence-electron chi connectivity index (χ1n) is 7.61. The Morgan fingerprint density at radius 3 is 2.76 bits per heavy atom. The van der Waals surface area contributed by atoms with Gasteiger partial charge in [0.25, 0.3) is 0 Å². The molecule has 0 radical (unpaired) electrons. The van der Waals surface area contributed by atoms with Gasteiger partial charge in [-0.3, -0.25) is 9.48 Å². The molecule has 21 heavy (non-hydrogen) atoms. The Morgan fingerprint density at radius 1 is 1.48 bits per heavy atom. The minimum absolute atomic E-state index is 0.213. The molecule has 1 fully saturated rings. The molecule has 0 atom stereocenters. The van der Waals surface area contributed by atoms with Gasteiger partial charge in [0.2, 0.25) is 5.91 Å². The van der Waals surface area contributed by atoms with Crippen molar-refractivity contribution >= 4 is 5.91 Å². The molecule has 2 heterocycles. The lowest BCUT2D eigenvalue weighted by Crippen LogP contribution is -2.41. The fraction of sp³-hybridized carbons (Fsp3) is 0.625. The standard InChI is InChI=1S/C16H25N3O2/c1-4-11-21-15-5-8-18(9-6-15)16(20)7-10-19-14(3)12-13(2)17-19/h4,12,15H,1,5-11H2,2-3H3. The summed E-state index contributed by atoms with van der Waals surface area (Å²) in [6.45, 7) is 10.5. The van der Waals surface area contributed by atoms with Crippen molar-refractivity contribution in [1.82, 2.24) is 14.7 Å². The second-order valence-electron chi connectivity index (χ2n) is 5.60. The number of hydrogen-bond acceptors (Lipinski definition) is 3. The minimum Gasteiger partial charge on any atom is -0.374 e. The molecule has 1 amide bonds. The fourth-order valence-electron chi connectivity index (χ4n) is 2.74. The molecule has 1 saturated heterocycles. The van der Waals surface area contributed by atoms with Gasteiger partial charge in [0.05, 0.1) is 18.4 Å². The molecule has 1 aliphatic rings. The van der Waals surface area contributed by atoms with Gasteiger partial charge in [-0.1, -0.05) is 6.08 Å². The van der Waals surface area contributed by atoms with Crippen LogP contribution < -0.4 is 0 Å². The van der Waals surface area contributed by atoms with Gasteiger partial charge in [-0.15, -0.1) is 6.58 Å². The fourth-order valence-corrected chi connectivity index (χ4v) is 2.74. The van der Waals surface area contributed by atoms with E-state index in [-0.39, 0.29) is 12.0 Å². The number of nitrogens with zero attached hydrogens (tertiary/aromatic N) is 3. The monoisotopic (exact) mass is 291 g/mol. The number of carbonyl (C=O) groups is 1. The second kappa shape index (κ2) is 7.41.